The first-order valence-corrected chi connectivity index (χ1v) is 9.25. The zero-order chi connectivity index (χ0) is 19.7. The number of methoxy groups -OCH3 is 3. The van der Waals surface area contributed by atoms with Crippen molar-refractivity contribution >= 4 is 11.7 Å². The first-order valence-electron chi connectivity index (χ1n) is 9.25. The summed E-state index contributed by atoms with van der Waals surface area (Å²) in [6, 6.07) is 5.02. The van der Waals surface area contributed by atoms with Crippen molar-refractivity contribution in [2.75, 3.05) is 47.6 Å². The molecule has 1 fully saturated rings. The van der Waals surface area contributed by atoms with Crippen LogP contribution in [0.15, 0.2) is 18.2 Å². The van der Waals surface area contributed by atoms with Crippen LogP contribution in [0.2, 0.25) is 0 Å². The lowest BCUT2D eigenvalue weighted by Crippen LogP contribution is -2.47. The summed E-state index contributed by atoms with van der Waals surface area (Å²) in [7, 11) is 4.76. The molecule has 7 heteroatoms. The molecule has 1 amide bonds. The van der Waals surface area contributed by atoms with Gasteiger partial charge in [-0.2, -0.15) is 0 Å². The van der Waals surface area contributed by atoms with Gasteiger partial charge < -0.3 is 24.8 Å². The average molecular weight is 378 g/mol. The van der Waals surface area contributed by atoms with Gasteiger partial charge >= 0.3 is 0 Å². The van der Waals surface area contributed by atoms with Crippen LogP contribution in [-0.4, -0.2) is 59.3 Å². The number of nitrogens with one attached hydrogen (secondary N) is 2. The summed E-state index contributed by atoms with van der Waals surface area (Å²) >= 11 is 0. The lowest BCUT2D eigenvalue weighted by atomic mass is 9.79. The largest absolute Gasteiger partial charge is 0.493 e. The third-order valence-corrected chi connectivity index (χ3v) is 5.06. The molecular weight excluding hydrogens is 348 g/mol. The summed E-state index contributed by atoms with van der Waals surface area (Å²) in [5.74, 6) is 0.856. The van der Waals surface area contributed by atoms with Crippen LogP contribution in [0, 0.1) is 5.41 Å². The minimum atomic E-state index is -0.113. The number of hydrogen-bond donors (Lipinski definition) is 2. The molecule has 0 aromatic heterocycles. The second kappa shape index (κ2) is 10.3. The number of ether oxygens (including phenoxy) is 3. The Hall–Kier alpha value is -2.12. The highest BCUT2D eigenvalue weighted by molar-refractivity contribution is 5.98. The summed E-state index contributed by atoms with van der Waals surface area (Å²) in [4.78, 5) is 24.6. The monoisotopic (exact) mass is 378 g/mol. The first-order chi connectivity index (χ1) is 13.0. The van der Waals surface area contributed by atoms with Gasteiger partial charge in [-0.3, -0.25) is 9.59 Å². The molecule has 1 aliphatic heterocycles. The van der Waals surface area contributed by atoms with Crippen molar-refractivity contribution in [3.05, 3.63) is 23.8 Å². The lowest BCUT2D eigenvalue weighted by Gasteiger charge is -2.37. The van der Waals surface area contributed by atoms with Crippen molar-refractivity contribution in [2.24, 2.45) is 5.41 Å². The number of amides is 1. The van der Waals surface area contributed by atoms with E-state index in [1.807, 2.05) is 0 Å². The Balaban J connectivity index is 1.85. The summed E-state index contributed by atoms with van der Waals surface area (Å²) in [5.41, 5.74) is 0.484. The van der Waals surface area contributed by atoms with Gasteiger partial charge in [-0.1, -0.05) is 0 Å². The fraction of sp³-hybridized carbons (Fsp3) is 0.600. The number of Topliss-reactive ketones (excluding diaryl/α,β-unsaturated/α-hetero) is 1. The zero-order valence-corrected chi connectivity index (χ0v) is 16.4. The Morgan fingerprint density at radius 2 is 1.78 bits per heavy atom. The maximum absolute atomic E-state index is 12.4. The van der Waals surface area contributed by atoms with E-state index < -0.39 is 0 Å². The molecule has 27 heavy (non-hydrogen) atoms. The van der Waals surface area contributed by atoms with E-state index in [0.29, 0.717) is 30.2 Å². The zero-order valence-electron chi connectivity index (χ0n) is 16.4. The maximum Gasteiger partial charge on any atom is 0.220 e. The quantitative estimate of drug-likeness (QED) is 0.604. The van der Waals surface area contributed by atoms with Gasteiger partial charge in [0.2, 0.25) is 5.91 Å². The van der Waals surface area contributed by atoms with Crippen LogP contribution < -0.4 is 20.1 Å². The molecule has 1 aromatic rings. The molecule has 2 N–H and O–H groups in total. The number of carbonyl (C=O) groups is 2. The van der Waals surface area contributed by atoms with Crippen molar-refractivity contribution < 1.29 is 23.8 Å². The molecule has 0 bridgehead atoms. The van der Waals surface area contributed by atoms with Crippen LogP contribution in [0.4, 0.5) is 0 Å². The highest BCUT2D eigenvalue weighted by atomic mass is 16.5. The van der Waals surface area contributed by atoms with Gasteiger partial charge in [0.05, 0.1) is 20.8 Å². The Bertz CT molecular complexity index is 636. The third-order valence-electron chi connectivity index (χ3n) is 5.06. The summed E-state index contributed by atoms with van der Waals surface area (Å²) < 4.78 is 15.8. The summed E-state index contributed by atoms with van der Waals surface area (Å²) in [6.07, 6.45) is 2.24. The molecule has 0 spiro atoms. The van der Waals surface area contributed by atoms with E-state index in [0.717, 1.165) is 25.9 Å². The molecule has 0 aliphatic carbocycles. The molecule has 0 unspecified atom stereocenters. The number of rotatable bonds is 10. The van der Waals surface area contributed by atoms with E-state index in [9.17, 15) is 9.59 Å². The fourth-order valence-corrected chi connectivity index (χ4v) is 3.39. The molecule has 1 aromatic carbocycles. The van der Waals surface area contributed by atoms with Gasteiger partial charge in [0.15, 0.2) is 17.3 Å². The third kappa shape index (κ3) is 5.94. The van der Waals surface area contributed by atoms with E-state index in [4.69, 9.17) is 14.2 Å². The second-order valence-electron chi connectivity index (χ2n) is 6.95. The van der Waals surface area contributed by atoms with Crippen LogP contribution in [0.25, 0.3) is 0 Å². The van der Waals surface area contributed by atoms with Gasteiger partial charge in [-0.25, -0.2) is 0 Å². The molecule has 0 atom stereocenters. The van der Waals surface area contributed by atoms with E-state index in [1.54, 1.807) is 32.4 Å². The average Bonchev–Trinajstić information content (AvgIpc) is 2.70. The molecular formula is C20H30N2O5. The number of benzene rings is 1. The number of carbonyl (C=O) groups excluding carboxylic acids is 2. The van der Waals surface area contributed by atoms with Crippen molar-refractivity contribution in [3.63, 3.8) is 0 Å². The Morgan fingerprint density at radius 1 is 1.07 bits per heavy atom. The highest BCUT2D eigenvalue weighted by Crippen LogP contribution is 2.29. The first kappa shape index (κ1) is 21.2. The van der Waals surface area contributed by atoms with Gasteiger partial charge in [0.25, 0.3) is 0 Å². The minimum absolute atomic E-state index is 0.0248. The minimum Gasteiger partial charge on any atom is -0.493 e. The SMILES string of the molecule is COCC1(CNC(=O)CCC(=O)c2ccc(OC)c(OC)c2)CCNCC1. The molecule has 1 heterocycles. The van der Waals surface area contributed by atoms with E-state index in [2.05, 4.69) is 10.6 Å². The van der Waals surface area contributed by atoms with Crippen LogP contribution in [0.1, 0.15) is 36.0 Å². The Morgan fingerprint density at radius 3 is 2.41 bits per heavy atom. The van der Waals surface area contributed by atoms with Crippen molar-refractivity contribution in [1.29, 1.82) is 0 Å². The maximum atomic E-state index is 12.4. The molecule has 150 valence electrons. The van der Waals surface area contributed by atoms with Crippen molar-refractivity contribution in [1.82, 2.24) is 10.6 Å². The standard InChI is InChI=1S/C20H30N2O5/c1-25-14-20(8-10-21-11-9-20)13-22-19(24)7-5-16(23)15-4-6-17(26-2)18(12-15)27-3/h4,6,12,21H,5,7-11,13-14H2,1-3H3,(H,22,24). The smallest absolute Gasteiger partial charge is 0.220 e. The predicted octanol–water partition coefficient (Wildman–Crippen LogP) is 1.80. The number of ketones is 1. The molecule has 1 saturated heterocycles. The Kier molecular flexibility index (Phi) is 8.06. The topological polar surface area (TPSA) is 85.9 Å². The fourth-order valence-electron chi connectivity index (χ4n) is 3.39. The van der Waals surface area contributed by atoms with Crippen molar-refractivity contribution in [2.45, 2.75) is 25.7 Å². The normalized spacial score (nSPS) is 15.8. The van der Waals surface area contributed by atoms with Gasteiger partial charge in [-0.05, 0) is 44.1 Å². The molecule has 1 aliphatic rings. The highest BCUT2D eigenvalue weighted by Gasteiger charge is 2.32. The van der Waals surface area contributed by atoms with E-state index in [-0.39, 0.29) is 29.9 Å². The van der Waals surface area contributed by atoms with E-state index >= 15 is 0 Å². The number of hydrogen-bond acceptors (Lipinski definition) is 6. The van der Waals surface area contributed by atoms with Crippen LogP contribution in [-0.2, 0) is 9.53 Å². The van der Waals surface area contributed by atoms with Crippen LogP contribution in [0.3, 0.4) is 0 Å². The second-order valence-corrected chi connectivity index (χ2v) is 6.95. The van der Waals surface area contributed by atoms with Crippen LogP contribution >= 0.6 is 0 Å². The van der Waals surface area contributed by atoms with Gasteiger partial charge in [-0.15, -0.1) is 0 Å². The van der Waals surface area contributed by atoms with Crippen molar-refractivity contribution in [3.8, 4) is 11.5 Å². The molecule has 7 nitrogen and oxygen atoms in total. The summed E-state index contributed by atoms with van der Waals surface area (Å²) in [6.45, 7) is 3.06. The summed E-state index contributed by atoms with van der Waals surface area (Å²) in [5, 5.41) is 6.31. The molecule has 2 rings (SSSR count). The molecule has 0 saturated carbocycles. The molecule has 0 radical (unpaired) electrons. The predicted molar refractivity (Wildman–Crippen MR) is 103 cm³/mol. The van der Waals surface area contributed by atoms with Gasteiger partial charge in [0, 0.05) is 37.5 Å². The Labute approximate surface area is 160 Å². The van der Waals surface area contributed by atoms with Crippen LogP contribution in [0.5, 0.6) is 11.5 Å². The van der Waals surface area contributed by atoms with Gasteiger partial charge in [0.1, 0.15) is 0 Å². The number of piperidine rings is 1. The lowest BCUT2D eigenvalue weighted by molar-refractivity contribution is -0.122. The van der Waals surface area contributed by atoms with E-state index in [1.165, 1.54) is 7.11 Å².